The highest BCUT2D eigenvalue weighted by Crippen LogP contribution is 2.34. The molecule has 2 heterocycles. The van der Waals surface area contributed by atoms with Crippen molar-refractivity contribution in [2.45, 2.75) is 59.5 Å². The van der Waals surface area contributed by atoms with E-state index in [1.807, 2.05) is 0 Å². The minimum absolute atomic E-state index is 0.279. The molecule has 0 unspecified atom stereocenters. The third-order valence-corrected chi connectivity index (χ3v) is 4.45. The van der Waals surface area contributed by atoms with Gasteiger partial charge in [-0.15, -0.1) is 0 Å². The average Bonchev–Trinajstić information content (AvgIpc) is 2.36. The lowest BCUT2D eigenvalue weighted by Crippen LogP contribution is -2.54. The van der Waals surface area contributed by atoms with Crippen LogP contribution in [-0.4, -0.2) is 30.2 Å². The molecule has 20 heavy (non-hydrogen) atoms. The van der Waals surface area contributed by atoms with Crippen molar-refractivity contribution in [3.8, 4) is 0 Å². The average molecular weight is 275 g/mol. The Morgan fingerprint density at radius 2 is 1.80 bits per heavy atom. The fourth-order valence-corrected chi connectivity index (χ4v) is 2.85. The van der Waals surface area contributed by atoms with Crippen LogP contribution in [0.3, 0.4) is 0 Å². The van der Waals surface area contributed by atoms with Crippen molar-refractivity contribution in [2.75, 3.05) is 18.0 Å². The molecule has 2 rings (SSSR count). The first-order valence-corrected chi connectivity index (χ1v) is 7.74. The molecule has 0 radical (unpaired) electrons. The number of aromatic nitrogens is 1. The van der Waals surface area contributed by atoms with Gasteiger partial charge in [-0.2, -0.15) is 0 Å². The SMILES string of the molecule is C[C@@H]1CN(c2ccc([C@@H](C)C(C)(C)C)cn2)C[C@H](C)N1. The molecule has 0 bridgehead atoms. The number of hydrogen-bond acceptors (Lipinski definition) is 3. The van der Waals surface area contributed by atoms with Gasteiger partial charge in [-0.25, -0.2) is 4.98 Å². The molecule has 3 atom stereocenters. The monoisotopic (exact) mass is 275 g/mol. The van der Waals surface area contributed by atoms with Gasteiger partial charge < -0.3 is 10.2 Å². The Labute approximate surface area is 123 Å². The van der Waals surface area contributed by atoms with Gasteiger partial charge in [0.15, 0.2) is 0 Å². The van der Waals surface area contributed by atoms with Crippen LogP contribution in [0, 0.1) is 5.41 Å². The largest absolute Gasteiger partial charge is 0.354 e. The maximum Gasteiger partial charge on any atom is 0.128 e. The molecule has 3 nitrogen and oxygen atoms in total. The topological polar surface area (TPSA) is 28.2 Å². The summed E-state index contributed by atoms with van der Waals surface area (Å²) < 4.78 is 0. The molecular formula is C17H29N3. The highest BCUT2D eigenvalue weighted by Gasteiger charge is 2.24. The zero-order valence-electron chi connectivity index (χ0n) is 13.8. The zero-order valence-corrected chi connectivity index (χ0v) is 13.8. The lowest BCUT2D eigenvalue weighted by molar-refractivity contribution is 0.339. The van der Waals surface area contributed by atoms with Crippen LogP contribution in [0.15, 0.2) is 18.3 Å². The number of piperazine rings is 1. The summed E-state index contributed by atoms with van der Waals surface area (Å²) in [6.45, 7) is 15.7. The Morgan fingerprint density at radius 1 is 1.20 bits per heavy atom. The van der Waals surface area contributed by atoms with E-state index in [-0.39, 0.29) is 5.41 Å². The van der Waals surface area contributed by atoms with Gasteiger partial charge in [0.2, 0.25) is 0 Å². The molecule has 0 aliphatic carbocycles. The van der Waals surface area contributed by atoms with Gasteiger partial charge in [0, 0.05) is 31.4 Å². The van der Waals surface area contributed by atoms with E-state index in [2.05, 4.69) is 70.1 Å². The second-order valence-corrected chi connectivity index (χ2v) is 7.41. The fraction of sp³-hybridized carbons (Fsp3) is 0.706. The highest BCUT2D eigenvalue weighted by atomic mass is 15.2. The lowest BCUT2D eigenvalue weighted by atomic mass is 9.78. The van der Waals surface area contributed by atoms with Crippen molar-refractivity contribution in [3.05, 3.63) is 23.9 Å². The summed E-state index contributed by atoms with van der Waals surface area (Å²) in [5.74, 6) is 1.62. The maximum absolute atomic E-state index is 4.70. The van der Waals surface area contributed by atoms with Gasteiger partial charge in [0.1, 0.15) is 5.82 Å². The van der Waals surface area contributed by atoms with E-state index in [0.29, 0.717) is 18.0 Å². The second kappa shape index (κ2) is 5.72. The summed E-state index contributed by atoms with van der Waals surface area (Å²) >= 11 is 0. The zero-order chi connectivity index (χ0) is 14.9. The van der Waals surface area contributed by atoms with Crippen molar-refractivity contribution in [1.29, 1.82) is 0 Å². The van der Waals surface area contributed by atoms with Gasteiger partial charge in [0.05, 0.1) is 0 Å². The first kappa shape index (κ1) is 15.3. The number of hydrogen-bond donors (Lipinski definition) is 1. The van der Waals surface area contributed by atoms with E-state index in [1.165, 1.54) is 5.56 Å². The van der Waals surface area contributed by atoms with Gasteiger partial charge >= 0.3 is 0 Å². The molecule has 1 aromatic heterocycles. The van der Waals surface area contributed by atoms with E-state index in [1.54, 1.807) is 0 Å². The summed E-state index contributed by atoms with van der Waals surface area (Å²) in [7, 11) is 0. The summed E-state index contributed by atoms with van der Waals surface area (Å²) in [6.07, 6.45) is 2.06. The standard InChI is InChI=1S/C17H29N3/c1-12-10-20(11-13(2)19-12)16-8-7-15(9-18-16)14(3)17(4,5)6/h7-9,12-14,19H,10-11H2,1-6H3/t12-,13+,14-/m1/s1. The summed E-state index contributed by atoms with van der Waals surface area (Å²) in [5.41, 5.74) is 1.61. The molecule has 1 N–H and O–H groups in total. The predicted octanol–water partition coefficient (Wildman–Crippen LogP) is 3.42. The lowest BCUT2D eigenvalue weighted by Gasteiger charge is -2.37. The number of rotatable bonds is 2. The maximum atomic E-state index is 4.70. The molecule has 0 saturated carbocycles. The number of nitrogens with one attached hydrogen (secondary N) is 1. The van der Waals surface area contributed by atoms with Crippen LogP contribution in [0.5, 0.6) is 0 Å². The van der Waals surface area contributed by atoms with Crippen molar-refractivity contribution in [3.63, 3.8) is 0 Å². The van der Waals surface area contributed by atoms with E-state index in [9.17, 15) is 0 Å². The Hall–Kier alpha value is -1.09. The minimum Gasteiger partial charge on any atom is -0.354 e. The van der Waals surface area contributed by atoms with Crippen molar-refractivity contribution >= 4 is 5.82 Å². The van der Waals surface area contributed by atoms with Crippen LogP contribution in [0.2, 0.25) is 0 Å². The van der Waals surface area contributed by atoms with E-state index >= 15 is 0 Å². The second-order valence-electron chi connectivity index (χ2n) is 7.41. The van der Waals surface area contributed by atoms with Crippen LogP contribution in [0.1, 0.15) is 53.0 Å². The van der Waals surface area contributed by atoms with Crippen molar-refractivity contribution in [2.24, 2.45) is 5.41 Å². The van der Waals surface area contributed by atoms with Gasteiger partial charge in [-0.1, -0.05) is 33.8 Å². The molecule has 112 valence electrons. The van der Waals surface area contributed by atoms with E-state index in [0.717, 1.165) is 18.9 Å². The summed E-state index contributed by atoms with van der Waals surface area (Å²) in [6, 6.07) is 5.47. The third-order valence-electron chi connectivity index (χ3n) is 4.45. The molecule has 1 saturated heterocycles. The molecule has 3 heteroatoms. The number of anilines is 1. The first-order chi connectivity index (χ1) is 9.27. The number of nitrogens with zero attached hydrogens (tertiary/aromatic N) is 2. The van der Waals surface area contributed by atoms with Gasteiger partial charge in [-0.3, -0.25) is 0 Å². The molecule has 0 aromatic carbocycles. The molecule has 1 aliphatic heterocycles. The minimum atomic E-state index is 0.279. The normalized spacial score (nSPS) is 25.6. The quantitative estimate of drug-likeness (QED) is 0.896. The van der Waals surface area contributed by atoms with Crippen LogP contribution in [0.4, 0.5) is 5.82 Å². The van der Waals surface area contributed by atoms with E-state index < -0.39 is 0 Å². The van der Waals surface area contributed by atoms with Gasteiger partial charge in [0.25, 0.3) is 0 Å². The Morgan fingerprint density at radius 3 is 2.25 bits per heavy atom. The Balaban J connectivity index is 2.12. The van der Waals surface area contributed by atoms with E-state index in [4.69, 9.17) is 4.98 Å². The van der Waals surface area contributed by atoms with Crippen LogP contribution in [0.25, 0.3) is 0 Å². The molecule has 1 aliphatic rings. The van der Waals surface area contributed by atoms with Crippen molar-refractivity contribution in [1.82, 2.24) is 10.3 Å². The molecule has 1 fully saturated rings. The van der Waals surface area contributed by atoms with Gasteiger partial charge in [-0.05, 0) is 36.8 Å². The van der Waals surface area contributed by atoms with Crippen molar-refractivity contribution < 1.29 is 0 Å². The van der Waals surface area contributed by atoms with Crippen LogP contribution < -0.4 is 10.2 Å². The summed E-state index contributed by atoms with van der Waals surface area (Å²) in [4.78, 5) is 7.09. The Bertz CT molecular complexity index is 423. The number of pyridine rings is 1. The fourth-order valence-electron chi connectivity index (χ4n) is 2.85. The smallest absolute Gasteiger partial charge is 0.128 e. The van der Waals surface area contributed by atoms with Crippen LogP contribution >= 0.6 is 0 Å². The molecular weight excluding hydrogens is 246 g/mol. The van der Waals surface area contributed by atoms with Crippen LogP contribution in [-0.2, 0) is 0 Å². The third kappa shape index (κ3) is 3.51. The molecule has 1 aromatic rings. The Kier molecular flexibility index (Phi) is 4.38. The predicted molar refractivity (Wildman–Crippen MR) is 86.4 cm³/mol. The molecule has 0 spiro atoms. The molecule has 0 amide bonds. The highest BCUT2D eigenvalue weighted by molar-refractivity contribution is 5.41. The first-order valence-electron chi connectivity index (χ1n) is 7.74. The summed E-state index contributed by atoms with van der Waals surface area (Å²) in [5, 5.41) is 3.56.